The Kier molecular flexibility index (Phi) is 3.89. The molecule has 0 unspecified atom stereocenters. The second kappa shape index (κ2) is 4.98. The lowest BCUT2D eigenvalue weighted by Crippen LogP contribution is -2.33. The van der Waals surface area contributed by atoms with Gasteiger partial charge in [-0.15, -0.1) is 0 Å². The number of alkyl halides is 3. The number of hydrogen-bond donors (Lipinski definition) is 2. The van der Waals surface area contributed by atoms with Gasteiger partial charge in [-0.1, -0.05) is 12.1 Å². The van der Waals surface area contributed by atoms with Crippen molar-refractivity contribution in [3.8, 4) is 0 Å². The molecule has 1 aromatic rings. The minimum atomic E-state index is -4.42. The third-order valence-corrected chi connectivity index (χ3v) is 1.85. The molecule has 0 aromatic heterocycles. The number of aliphatic hydroxyl groups is 1. The summed E-state index contributed by atoms with van der Waals surface area (Å²) >= 11 is 0. The SMILES string of the molecule is O=C(NCC(F)(F)F)c1ccc(CO)cc1. The zero-order valence-corrected chi connectivity index (χ0v) is 8.21. The molecular formula is C10H10F3NO2. The van der Waals surface area contributed by atoms with Crippen molar-refractivity contribution in [3.63, 3.8) is 0 Å². The fourth-order valence-electron chi connectivity index (χ4n) is 1.04. The average Bonchev–Trinajstić information content (AvgIpc) is 2.25. The Morgan fingerprint density at radius 2 is 1.81 bits per heavy atom. The first kappa shape index (κ1) is 12.5. The molecule has 0 spiro atoms. The van der Waals surface area contributed by atoms with Crippen LogP contribution in [0.15, 0.2) is 24.3 Å². The Morgan fingerprint density at radius 3 is 2.25 bits per heavy atom. The molecule has 0 aliphatic carbocycles. The van der Waals surface area contributed by atoms with E-state index in [0.717, 1.165) is 0 Å². The predicted molar refractivity (Wildman–Crippen MR) is 50.8 cm³/mol. The van der Waals surface area contributed by atoms with Gasteiger partial charge in [0.2, 0.25) is 0 Å². The van der Waals surface area contributed by atoms with E-state index in [1.165, 1.54) is 24.3 Å². The molecule has 3 nitrogen and oxygen atoms in total. The normalized spacial score (nSPS) is 11.2. The van der Waals surface area contributed by atoms with Gasteiger partial charge in [-0.05, 0) is 17.7 Å². The van der Waals surface area contributed by atoms with E-state index in [1.807, 2.05) is 0 Å². The molecule has 0 saturated heterocycles. The Bertz CT molecular complexity index is 359. The van der Waals surface area contributed by atoms with E-state index in [9.17, 15) is 18.0 Å². The lowest BCUT2D eigenvalue weighted by Gasteiger charge is -2.08. The van der Waals surface area contributed by atoms with Gasteiger partial charge in [0.15, 0.2) is 0 Å². The first-order chi connectivity index (χ1) is 7.42. The second-order valence-corrected chi connectivity index (χ2v) is 3.15. The molecule has 0 heterocycles. The van der Waals surface area contributed by atoms with Crippen LogP contribution in [-0.2, 0) is 6.61 Å². The third-order valence-electron chi connectivity index (χ3n) is 1.85. The van der Waals surface area contributed by atoms with E-state index in [-0.39, 0.29) is 12.2 Å². The van der Waals surface area contributed by atoms with Gasteiger partial charge < -0.3 is 10.4 Å². The molecule has 0 saturated carbocycles. The van der Waals surface area contributed by atoms with Crippen molar-refractivity contribution >= 4 is 5.91 Å². The van der Waals surface area contributed by atoms with Crippen molar-refractivity contribution in [1.29, 1.82) is 0 Å². The smallest absolute Gasteiger partial charge is 0.392 e. The zero-order chi connectivity index (χ0) is 12.2. The highest BCUT2D eigenvalue weighted by atomic mass is 19.4. The topological polar surface area (TPSA) is 49.3 Å². The van der Waals surface area contributed by atoms with Crippen LogP contribution in [0, 0.1) is 0 Å². The van der Waals surface area contributed by atoms with Gasteiger partial charge >= 0.3 is 6.18 Å². The van der Waals surface area contributed by atoms with Gasteiger partial charge in [-0.3, -0.25) is 4.79 Å². The second-order valence-electron chi connectivity index (χ2n) is 3.15. The molecule has 88 valence electrons. The summed E-state index contributed by atoms with van der Waals surface area (Å²) in [6.45, 7) is -1.53. The van der Waals surface area contributed by atoms with Crippen LogP contribution < -0.4 is 5.32 Å². The van der Waals surface area contributed by atoms with Crippen molar-refractivity contribution in [3.05, 3.63) is 35.4 Å². The summed E-state index contributed by atoms with van der Waals surface area (Å²) < 4.78 is 35.4. The molecule has 0 atom stereocenters. The van der Waals surface area contributed by atoms with Crippen LogP contribution >= 0.6 is 0 Å². The van der Waals surface area contributed by atoms with E-state index >= 15 is 0 Å². The van der Waals surface area contributed by atoms with Crippen LogP contribution in [0.5, 0.6) is 0 Å². The predicted octanol–water partition coefficient (Wildman–Crippen LogP) is 1.47. The van der Waals surface area contributed by atoms with Crippen molar-refractivity contribution < 1.29 is 23.1 Å². The number of rotatable bonds is 3. The van der Waals surface area contributed by atoms with Crippen molar-refractivity contribution in [2.24, 2.45) is 0 Å². The number of aliphatic hydroxyl groups excluding tert-OH is 1. The largest absolute Gasteiger partial charge is 0.405 e. The third kappa shape index (κ3) is 3.90. The first-order valence-corrected chi connectivity index (χ1v) is 4.47. The summed E-state index contributed by atoms with van der Waals surface area (Å²) in [7, 11) is 0. The quantitative estimate of drug-likeness (QED) is 0.830. The Morgan fingerprint density at radius 1 is 1.25 bits per heavy atom. The van der Waals surface area contributed by atoms with Crippen LogP contribution in [0.4, 0.5) is 13.2 Å². The van der Waals surface area contributed by atoms with Crippen LogP contribution in [-0.4, -0.2) is 23.7 Å². The number of amides is 1. The van der Waals surface area contributed by atoms with Crippen LogP contribution in [0.25, 0.3) is 0 Å². The monoisotopic (exact) mass is 233 g/mol. The van der Waals surface area contributed by atoms with Gasteiger partial charge in [0, 0.05) is 5.56 Å². The van der Waals surface area contributed by atoms with Gasteiger partial charge in [-0.25, -0.2) is 0 Å². The van der Waals surface area contributed by atoms with Crippen molar-refractivity contribution in [2.75, 3.05) is 6.54 Å². The molecule has 0 aliphatic heterocycles. The van der Waals surface area contributed by atoms with Gasteiger partial charge in [0.05, 0.1) is 6.61 Å². The molecule has 0 fully saturated rings. The molecule has 1 amide bonds. The number of benzene rings is 1. The lowest BCUT2D eigenvalue weighted by atomic mass is 10.1. The van der Waals surface area contributed by atoms with E-state index < -0.39 is 18.6 Å². The lowest BCUT2D eigenvalue weighted by molar-refractivity contribution is -0.123. The van der Waals surface area contributed by atoms with E-state index in [0.29, 0.717) is 5.56 Å². The number of nitrogens with one attached hydrogen (secondary N) is 1. The standard InChI is InChI=1S/C10H10F3NO2/c11-10(12,13)6-14-9(16)8-3-1-7(5-15)2-4-8/h1-4,15H,5-6H2,(H,14,16). The maximum atomic E-state index is 11.8. The van der Waals surface area contributed by atoms with Crippen LogP contribution in [0.1, 0.15) is 15.9 Å². The van der Waals surface area contributed by atoms with Gasteiger partial charge in [0.25, 0.3) is 5.91 Å². The highest BCUT2D eigenvalue weighted by Crippen LogP contribution is 2.12. The molecule has 1 aromatic carbocycles. The van der Waals surface area contributed by atoms with E-state index in [2.05, 4.69) is 0 Å². The molecule has 0 bridgehead atoms. The van der Waals surface area contributed by atoms with Gasteiger partial charge in [-0.2, -0.15) is 13.2 Å². The highest BCUT2D eigenvalue weighted by Gasteiger charge is 2.27. The first-order valence-electron chi connectivity index (χ1n) is 4.47. The van der Waals surface area contributed by atoms with Crippen molar-refractivity contribution in [1.82, 2.24) is 5.32 Å². The zero-order valence-electron chi connectivity index (χ0n) is 8.21. The minimum Gasteiger partial charge on any atom is -0.392 e. The molecule has 16 heavy (non-hydrogen) atoms. The summed E-state index contributed by atoms with van der Waals surface area (Å²) in [6.07, 6.45) is -4.42. The Balaban J connectivity index is 2.59. The number of carbonyl (C=O) groups is 1. The minimum absolute atomic E-state index is 0.126. The summed E-state index contributed by atoms with van der Waals surface area (Å²) in [5, 5.41) is 10.5. The number of hydrogen-bond acceptors (Lipinski definition) is 2. The summed E-state index contributed by atoms with van der Waals surface area (Å²) in [6, 6.07) is 5.67. The van der Waals surface area contributed by atoms with E-state index in [1.54, 1.807) is 5.32 Å². The molecule has 1 rings (SSSR count). The molecule has 6 heteroatoms. The van der Waals surface area contributed by atoms with Crippen LogP contribution in [0.3, 0.4) is 0 Å². The summed E-state index contributed by atoms with van der Waals surface area (Å²) in [4.78, 5) is 11.2. The Labute approximate surface area is 89.9 Å². The summed E-state index contributed by atoms with van der Waals surface area (Å²) in [5.41, 5.74) is 0.717. The molecule has 0 aliphatic rings. The van der Waals surface area contributed by atoms with Crippen molar-refractivity contribution in [2.45, 2.75) is 12.8 Å². The maximum Gasteiger partial charge on any atom is 0.405 e. The maximum absolute atomic E-state index is 11.8. The van der Waals surface area contributed by atoms with E-state index in [4.69, 9.17) is 5.11 Å². The van der Waals surface area contributed by atoms with Crippen LogP contribution in [0.2, 0.25) is 0 Å². The fourth-order valence-corrected chi connectivity index (χ4v) is 1.04. The van der Waals surface area contributed by atoms with Gasteiger partial charge in [0.1, 0.15) is 6.54 Å². The molecule has 0 radical (unpaired) electrons. The highest BCUT2D eigenvalue weighted by molar-refractivity contribution is 5.94. The average molecular weight is 233 g/mol. The summed E-state index contributed by atoms with van der Waals surface area (Å²) in [5.74, 6) is -0.790. The molecular weight excluding hydrogens is 223 g/mol. The number of carbonyl (C=O) groups excluding carboxylic acids is 1. The molecule has 2 N–H and O–H groups in total. The fraction of sp³-hybridized carbons (Fsp3) is 0.300. The number of halogens is 3. The Hall–Kier alpha value is -1.56.